The van der Waals surface area contributed by atoms with Crippen LogP contribution in [0.2, 0.25) is 0 Å². The van der Waals surface area contributed by atoms with Crippen LogP contribution in [-0.4, -0.2) is 22.7 Å². The number of thiazole rings is 1. The van der Waals surface area contributed by atoms with Gasteiger partial charge < -0.3 is 10.6 Å². The zero-order valence-electron chi connectivity index (χ0n) is 18.7. The minimum absolute atomic E-state index is 0.00614. The third-order valence-electron chi connectivity index (χ3n) is 5.66. The number of rotatable bonds is 6. The van der Waals surface area contributed by atoms with Crippen molar-refractivity contribution in [3.63, 3.8) is 0 Å². The molecule has 1 saturated carbocycles. The van der Waals surface area contributed by atoms with Crippen LogP contribution in [0, 0.1) is 11.7 Å². The summed E-state index contributed by atoms with van der Waals surface area (Å²) < 4.78 is 14.5. The summed E-state index contributed by atoms with van der Waals surface area (Å²) in [5, 5.41) is 10.1. The van der Waals surface area contributed by atoms with E-state index in [0.29, 0.717) is 27.8 Å². The third kappa shape index (κ3) is 5.85. The molecule has 0 aliphatic heterocycles. The van der Waals surface area contributed by atoms with E-state index in [1.54, 1.807) is 35.7 Å². The second-order valence-corrected chi connectivity index (χ2v) is 9.13. The van der Waals surface area contributed by atoms with Crippen LogP contribution in [0.25, 0.3) is 11.3 Å². The minimum Gasteiger partial charge on any atom is -0.326 e. The molecule has 0 unspecified atom stereocenters. The minimum atomic E-state index is -0.532. The molecule has 34 heavy (non-hydrogen) atoms. The molecule has 1 heterocycles. The number of hydrogen-bond donors (Lipinski definition) is 3. The van der Waals surface area contributed by atoms with Crippen molar-refractivity contribution in [1.29, 1.82) is 0 Å². The Morgan fingerprint density at radius 1 is 0.971 bits per heavy atom. The average Bonchev–Trinajstić information content (AvgIpc) is 3.27. The average molecular weight is 481 g/mol. The summed E-state index contributed by atoms with van der Waals surface area (Å²) in [6, 6.07) is 11.1. The van der Waals surface area contributed by atoms with E-state index in [1.165, 1.54) is 36.8 Å². The lowest BCUT2D eigenvalue weighted by atomic mass is 9.88. The van der Waals surface area contributed by atoms with Crippen LogP contribution in [0.1, 0.15) is 49.4 Å². The molecule has 7 nitrogen and oxygen atoms in total. The second kappa shape index (κ2) is 10.6. The van der Waals surface area contributed by atoms with Crippen molar-refractivity contribution in [2.24, 2.45) is 5.92 Å². The predicted molar refractivity (Wildman–Crippen MR) is 131 cm³/mol. The molecule has 3 N–H and O–H groups in total. The number of amides is 3. The van der Waals surface area contributed by atoms with E-state index in [9.17, 15) is 18.8 Å². The standard InChI is InChI=1S/C25H25FN4O3S/c1-15(31)27-19-10-11-20(21(26)13-19)22-14-34-25(29-22)30-24(33)17-8-5-9-18(12-17)28-23(32)16-6-3-2-4-7-16/h5,8-14,16H,2-4,6-7H2,1H3,(H,27,31)(H,28,32)(H,29,30,33). The highest BCUT2D eigenvalue weighted by Gasteiger charge is 2.21. The maximum atomic E-state index is 14.5. The van der Waals surface area contributed by atoms with E-state index < -0.39 is 5.82 Å². The molecule has 0 spiro atoms. The van der Waals surface area contributed by atoms with Gasteiger partial charge in [-0.1, -0.05) is 25.3 Å². The Kier molecular flexibility index (Phi) is 7.32. The summed E-state index contributed by atoms with van der Waals surface area (Å²) in [5.74, 6) is -1.18. The molecule has 0 radical (unpaired) electrons. The molecule has 2 aromatic carbocycles. The van der Waals surface area contributed by atoms with Crippen LogP contribution in [0.15, 0.2) is 47.8 Å². The van der Waals surface area contributed by atoms with Gasteiger partial charge in [0.25, 0.3) is 5.91 Å². The SMILES string of the molecule is CC(=O)Nc1ccc(-c2csc(NC(=O)c3cccc(NC(=O)C4CCCCC4)c3)n2)c(F)c1. The Labute approximate surface area is 200 Å². The maximum absolute atomic E-state index is 14.5. The third-order valence-corrected chi connectivity index (χ3v) is 6.42. The lowest BCUT2D eigenvalue weighted by Crippen LogP contribution is -2.24. The van der Waals surface area contributed by atoms with Gasteiger partial charge in [-0.3, -0.25) is 19.7 Å². The van der Waals surface area contributed by atoms with E-state index in [-0.39, 0.29) is 29.2 Å². The molecule has 3 amide bonds. The van der Waals surface area contributed by atoms with Gasteiger partial charge in [0.2, 0.25) is 11.8 Å². The second-order valence-electron chi connectivity index (χ2n) is 8.27. The van der Waals surface area contributed by atoms with Gasteiger partial charge >= 0.3 is 0 Å². The number of nitrogens with one attached hydrogen (secondary N) is 3. The lowest BCUT2D eigenvalue weighted by Gasteiger charge is -2.20. The number of halogens is 1. The van der Waals surface area contributed by atoms with Crippen molar-refractivity contribution in [2.45, 2.75) is 39.0 Å². The van der Waals surface area contributed by atoms with Crippen molar-refractivity contribution in [3.8, 4) is 11.3 Å². The molecule has 3 aromatic rings. The highest BCUT2D eigenvalue weighted by atomic mass is 32.1. The number of carbonyl (C=O) groups excluding carboxylic acids is 3. The first kappa shape index (κ1) is 23.6. The van der Waals surface area contributed by atoms with E-state index >= 15 is 0 Å². The molecule has 1 aromatic heterocycles. The van der Waals surface area contributed by atoms with Crippen molar-refractivity contribution in [2.75, 3.05) is 16.0 Å². The van der Waals surface area contributed by atoms with E-state index in [0.717, 1.165) is 25.7 Å². The Morgan fingerprint density at radius 3 is 2.47 bits per heavy atom. The van der Waals surface area contributed by atoms with Gasteiger partial charge in [-0.25, -0.2) is 9.37 Å². The first-order valence-corrected chi connectivity index (χ1v) is 12.0. The number of aromatic nitrogens is 1. The highest BCUT2D eigenvalue weighted by molar-refractivity contribution is 7.14. The van der Waals surface area contributed by atoms with E-state index in [2.05, 4.69) is 20.9 Å². The summed E-state index contributed by atoms with van der Waals surface area (Å²) in [6.45, 7) is 1.35. The number of hydrogen-bond acceptors (Lipinski definition) is 5. The van der Waals surface area contributed by atoms with Crippen molar-refractivity contribution < 1.29 is 18.8 Å². The molecule has 1 aliphatic rings. The zero-order chi connectivity index (χ0) is 24.1. The van der Waals surface area contributed by atoms with Crippen molar-refractivity contribution in [1.82, 2.24) is 4.98 Å². The van der Waals surface area contributed by atoms with Gasteiger partial charge in [0.05, 0.1) is 5.69 Å². The van der Waals surface area contributed by atoms with Crippen LogP contribution in [0.3, 0.4) is 0 Å². The first-order valence-electron chi connectivity index (χ1n) is 11.1. The molecular weight excluding hydrogens is 455 g/mol. The van der Waals surface area contributed by atoms with Gasteiger partial charge in [0.15, 0.2) is 5.13 Å². The predicted octanol–water partition coefficient (Wildman–Crippen LogP) is 5.68. The summed E-state index contributed by atoms with van der Waals surface area (Å²) in [5.41, 5.74) is 1.94. The number of anilines is 3. The molecule has 1 fully saturated rings. The van der Waals surface area contributed by atoms with Crippen LogP contribution in [0.5, 0.6) is 0 Å². The molecule has 4 rings (SSSR count). The van der Waals surface area contributed by atoms with Gasteiger partial charge in [-0.2, -0.15) is 0 Å². The lowest BCUT2D eigenvalue weighted by molar-refractivity contribution is -0.120. The number of nitrogens with zero attached hydrogens (tertiary/aromatic N) is 1. The first-order chi connectivity index (χ1) is 16.4. The molecule has 1 aliphatic carbocycles. The molecule has 0 atom stereocenters. The van der Waals surface area contributed by atoms with Gasteiger partial charge in [-0.15, -0.1) is 11.3 Å². The monoisotopic (exact) mass is 480 g/mol. The summed E-state index contributed by atoms with van der Waals surface area (Å²) in [6.07, 6.45) is 5.11. The van der Waals surface area contributed by atoms with Crippen molar-refractivity contribution in [3.05, 3.63) is 59.2 Å². The molecule has 0 bridgehead atoms. The summed E-state index contributed by atoms with van der Waals surface area (Å²) in [7, 11) is 0. The fraction of sp³-hybridized carbons (Fsp3) is 0.280. The fourth-order valence-corrected chi connectivity index (χ4v) is 4.68. The molecule has 176 valence electrons. The molecule has 9 heteroatoms. The number of carbonyl (C=O) groups is 3. The van der Waals surface area contributed by atoms with Gasteiger partial charge in [0.1, 0.15) is 5.82 Å². The topological polar surface area (TPSA) is 100 Å². The molecule has 0 saturated heterocycles. The summed E-state index contributed by atoms with van der Waals surface area (Å²) in [4.78, 5) is 40.7. The van der Waals surface area contributed by atoms with Gasteiger partial charge in [0, 0.05) is 40.7 Å². The van der Waals surface area contributed by atoms with Gasteiger partial charge in [-0.05, 0) is 49.2 Å². The van der Waals surface area contributed by atoms with E-state index in [1.807, 2.05) is 0 Å². The Balaban J connectivity index is 1.41. The van der Waals surface area contributed by atoms with Crippen molar-refractivity contribution >= 4 is 45.6 Å². The number of benzene rings is 2. The molecular formula is C25H25FN4O3S. The normalized spacial score (nSPS) is 13.8. The van der Waals surface area contributed by atoms with Crippen LogP contribution >= 0.6 is 11.3 Å². The Hall–Kier alpha value is -3.59. The smallest absolute Gasteiger partial charge is 0.257 e. The van der Waals surface area contributed by atoms with Crippen LogP contribution in [-0.2, 0) is 9.59 Å². The highest BCUT2D eigenvalue weighted by Crippen LogP contribution is 2.29. The van der Waals surface area contributed by atoms with Crippen LogP contribution < -0.4 is 16.0 Å². The maximum Gasteiger partial charge on any atom is 0.257 e. The Morgan fingerprint density at radius 2 is 1.74 bits per heavy atom. The van der Waals surface area contributed by atoms with Crippen LogP contribution in [0.4, 0.5) is 20.9 Å². The van der Waals surface area contributed by atoms with E-state index in [4.69, 9.17) is 0 Å². The largest absolute Gasteiger partial charge is 0.326 e. The quantitative estimate of drug-likeness (QED) is 0.423. The fourth-order valence-electron chi connectivity index (χ4n) is 3.98. The zero-order valence-corrected chi connectivity index (χ0v) is 19.5. The Bertz CT molecular complexity index is 1220. The summed E-state index contributed by atoms with van der Waals surface area (Å²) >= 11 is 1.18.